The Bertz CT molecular complexity index is 640. The molecular formula is C16H23FN2O3S. The minimum absolute atomic E-state index is 0.0325. The second-order valence-electron chi connectivity index (χ2n) is 6.11. The summed E-state index contributed by atoms with van der Waals surface area (Å²) in [5.41, 5.74) is 0. The van der Waals surface area contributed by atoms with Crippen LogP contribution in [0.4, 0.5) is 4.39 Å². The summed E-state index contributed by atoms with van der Waals surface area (Å²) in [7, 11) is -3.59. The molecule has 3 rings (SSSR count). The van der Waals surface area contributed by atoms with Gasteiger partial charge in [0.05, 0.1) is 4.90 Å². The van der Waals surface area contributed by atoms with Gasteiger partial charge in [0.2, 0.25) is 10.0 Å². The molecule has 1 aromatic carbocycles. The number of ether oxygens (including phenoxy) is 1. The van der Waals surface area contributed by atoms with E-state index in [-0.39, 0.29) is 10.9 Å². The monoisotopic (exact) mass is 342 g/mol. The summed E-state index contributed by atoms with van der Waals surface area (Å²) in [6.45, 7) is 5.52. The quantitative estimate of drug-likeness (QED) is 0.817. The molecule has 0 N–H and O–H groups in total. The topological polar surface area (TPSA) is 49.9 Å². The van der Waals surface area contributed by atoms with Crippen LogP contribution in [0.5, 0.6) is 0 Å². The molecule has 128 valence electrons. The van der Waals surface area contributed by atoms with Gasteiger partial charge in [0, 0.05) is 38.4 Å². The fourth-order valence-corrected chi connectivity index (χ4v) is 4.98. The van der Waals surface area contributed by atoms with Crippen molar-refractivity contribution in [2.45, 2.75) is 36.7 Å². The van der Waals surface area contributed by atoms with Crippen molar-refractivity contribution in [2.75, 3.05) is 32.8 Å². The average molecular weight is 342 g/mol. The Morgan fingerprint density at radius 1 is 1.26 bits per heavy atom. The van der Waals surface area contributed by atoms with Gasteiger partial charge in [-0.3, -0.25) is 4.90 Å². The van der Waals surface area contributed by atoms with Crippen molar-refractivity contribution in [1.82, 2.24) is 9.21 Å². The third-order valence-electron chi connectivity index (χ3n) is 4.76. The second-order valence-corrected chi connectivity index (χ2v) is 8.05. The minimum atomic E-state index is -3.59. The number of hydrogen-bond acceptors (Lipinski definition) is 4. The third-order valence-corrected chi connectivity index (χ3v) is 6.58. The van der Waals surface area contributed by atoms with Crippen molar-refractivity contribution in [3.8, 4) is 0 Å². The van der Waals surface area contributed by atoms with Crippen LogP contribution in [0.3, 0.4) is 0 Å². The van der Waals surface area contributed by atoms with Gasteiger partial charge in [-0.1, -0.05) is 13.0 Å². The molecule has 0 amide bonds. The molecular weight excluding hydrogens is 319 g/mol. The minimum Gasteiger partial charge on any atom is -0.381 e. The Kier molecular flexibility index (Phi) is 5.01. The van der Waals surface area contributed by atoms with E-state index in [1.54, 1.807) is 0 Å². The molecule has 0 atom stereocenters. The van der Waals surface area contributed by atoms with Crippen molar-refractivity contribution in [2.24, 2.45) is 0 Å². The SMILES string of the molecule is CCN(C1CCOCC1)C1CN(S(=O)(=O)c2cccc(F)c2)C1. The zero-order valence-electron chi connectivity index (χ0n) is 13.3. The van der Waals surface area contributed by atoms with Crippen LogP contribution < -0.4 is 0 Å². The summed E-state index contributed by atoms with van der Waals surface area (Å²) in [5, 5.41) is 0. The Hall–Kier alpha value is -1.02. The van der Waals surface area contributed by atoms with E-state index in [1.807, 2.05) is 0 Å². The van der Waals surface area contributed by atoms with Gasteiger partial charge in [-0.15, -0.1) is 0 Å². The van der Waals surface area contributed by atoms with Crippen molar-refractivity contribution >= 4 is 10.0 Å². The summed E-state index contributed by atoms with van der Waals surface area (Å²) < 4.78 is 45.2. The van der Waals surface area contributed by atoms with Crippen LogP contribution in [-0.4, -0.2) is 62.6 Å². The van der Waals surface area contributed by atoms with Crippen molar-refractivity contribution in [3.63, 3.8) is 0 Å². The normalized spacial score (nSPS) is 21.5. The molecule has 0 radical (unpaired) electrons. The first-order chi connectivity index (χ1) is 11.0. The van der Waals surface area contributed by atoms with Gasteiger partial charge in [0.25, 0.3) is 0 Å². The Morgan fingerprint density at radius 2 is 1.96 bits per heavy atom. The first-order valence-corrected chi connectivity index (χ1v) is 9.55. The zero-order valence-corrected chi connectivity index (χ0v) is 14.1. The van der Waals surface area contributed by atoms with Crippen LogP contribution in [0.1, 0.15) is 19.8 Å². The number of sulfonamides is 1. The Labute approximate surface area is 137 Å². The van der Waals surface area contributed by atoms with Crippen molar-refractivity contribution < 1.29 is 17.5 Å². The van der Waals surface area contributed by atoms with E-state index in [4.69, 9.17) is 4.74 Å². The predicted octanol–water partition coefficient (Wildman–Crippen LogP) is 1.70. The molecule has 0 spiro atoms. The predicted molar refractivity (Wildman–Crippen MR) is 85.2 cm³/mol. The standard InChI is InChI=1S/C16H23FN2O3S/c1-2-19(14-6-8-22-9-7-14)15-11-18(12-15)23(20,21)16-5-3-4-13(17)10-16/h3-5,10,14-15H,2,6-9,11-12H2,1H3. The summed E-state index contributed by atoms with van der Waals surface area (Å²) in [6, 6.07) is 5.92. The van der Waals surface area contributed by atoms with Crippen LogP contribution in [0.2, 0.25) is 0 Å². The maximum atomic E-state index is 13.3. The average Bonchev–Trinajstić information content (AvgIpc) is 2.51. The molecule has 2 fully saturated rings. The summed E-state index contributed by atoms with van der Waals surface area (Å²) in [6.07, 6.45) is 2.00. The van der Waals surface area contributed by atoms with Crippen LogP contribution in [0.25, 0.3) is 0 Å². The lowest BCUT2D eigenvalue weighted by Gasteiger charge is -2.48. The van der Waals surface area contributed by atoms with Crippen LogP contribution >= 0.6 is 0 Å². The molecule has 0 saturated carbocycles. The highest BCUT2D eigenvalue weighted by Crippen LogP contribution is 2.27. The molecule has 23 heavy (non-hydrogen) atoms. The first-order valence-electron chi connectivity index (χ1n) is 8.11. The molecule has 5 nitrogen and oxygen atoms in total. The van der Waals surface area contributed by atoms with E-state index in [1.165, 1.54) is 22.5 Å². The Balaban J connectivity index is 1.65. The number of hydrogen-bond donors (Lipinski definition) is 0. The molecule has 7 heteroatoms. The summed E-state index contributed by atoms with van der Waals surface area (Å²) in [4.78, 5) is 2.42. The van der Waals surface area contributed by atoms with Crippen molar-refractivity contribution in [3.05, 3.63) is 30.1 Å². The summed E-state index contributed by atoms with van der Waals surface area (Å²) in [5.74, 6) is -0.527. The largest absolute Gasteiger partial charge is 0.381 e. The van der Waals surface area contributed by atoms with Crippen LogP contribution in [0.15, 0.2) is 29.2 Å². The molecule has 2 saturated heterocycles. The fourth-order valence-electron chi connectivity index (χ4n) is 3.43. The lowest BCUT2D eigenvalue weighted by atomic mass is 10.0. The number of likely N-dealkylation sites (N-methyl/N-ethyl adjacent to an activating group) is 1. The summed E-state index contributed by atoms with van der Waals surface area (Å²) >= 11 is 0. The Morgan fingerprint density at radius 3 is 2.57 bits per heavy atom. The molecule has 1 aromatic rings. The zero-order chi connectivity index (χ0) is 16.4. The number of benzene rings is 1. The van der Waals surface area contributed by atoms with E-state index >= 15 is 0 Å². The number of rotatable bonds is 5. The highest BCUT2D eigenvalue weighted by atomic mass is 32.2. The maximum Gasteiger partial charge on any atom is 0.243 e. The number of nitrogens with zero attached hydrogens (tertiary/aromatic N) is 2. The smallest absolute Gasteiger partial charge is 0.243 e. The van der Waals surface area contributed by atoms with Gasteiger partial charge in [-0.05, 0) is 37.6 Å². The maximum absolute atomic E-state index is 13.3. The molecule has 0 aliphatic carbocycles. The van der Waals surface area contributed by atoms with E-state index in [2.05, 4.69) is 11.8 Å². The van der Waals surface area contributed by atoms with E-state index in [0.717, 1.165) is 38.7 Å². The van der Waals surface area contributed by atoms with Gasteiger partial charge >= 0.3 is 0 Å². The molecule has 2 aliphatic rings. The van der Waals surface area contributed by atoms with Gasteiger partial charge in [0.15, 0.2) is 0 Å². The highest BCUT2D eigenvalue weighted by Gasteiger charge is 2.41. The second kappa shape index (κ2) is 6.84. The third kappa shape index (κ3) is 3.42. The van der Waals surface area contributed by atoms with E-state index in [0.29, 0.717) is 19.1 Å². The van der Waals surface area contributed by atoms with Gasteiger partial charge in [0.1, 0.15) is 5.82 Å². The van der Waals surface area contributed by atoms with Gasteiger partial charge in [-0.25, -0.2) is 12.8 Å². The molecule has 0 aromatic heterocycles. The molecule has 2 heterocycles. The number of halogens is 1. The molecule has 2 aliphatic heterocycles. The lowest BCUT2D eigenvalue weighted by Crippen LogP contribution is -2.63. The lowest BCUT2D eigenvalue weighted by molar-refractivity contribution is -0.00747. The van der Waals surface area contributed by atoms with Crippen LogP contribution in [0, 0.1) is 5.82 Å². The van der Waals surface area contributed by atoms with E-state index in [9.17, 15) is 12.8 Å². The highest BCUT2D eigenvalue weighted by molar-refractivity contribution is 7.89. The van der Waals surface area contributed by atoms with Gasteiger partial charge in [-0.2, -0.15) is 4.31 Å². The molecule has 0 unspecified atom stereocenters. The van der Waals surface area contributed by atoms with Crippen molar-refractivity contribution in [1.29, 1.82) is 0 Å². The first kappa shape index (κ1) is 16.8. The van der Waals surface area contributed by atoms with E-state index < -0.39 is 15.8 Å². The molecule has 0 bridgehead atoms. The van der Waals surface area contributed by atoms with Crippen LogP contribution in [-0.2, 0) is 14.8 Å². The fraction of sp³-hybridized carbons (Fsp3) is 0.625. The van der Waals surface area contributed by atoms with Gasteiger partial charge < -0.3 is 4.74 Å².